The van der Waals surface area contributed by atoms with E-state index < -0.39 is 0 Å². The highest BCUT2D eigenvalue weighted by atomic mass is 16.2. The summed E-state index contributed by atoms with van der Waals surface area (Å²) < 4.78 is 2.14. The van der Waals surface area contributed by atoms with E-state index in [2.05, 4.69) is 89.0 Å². The summed E-state index contributed by atoms with van der Waals surface area (Å²) in [5, 5.41) is 16.6. The Kier molecular flexibility index (Phi) is 17.7. The third kappa shape index (κ3) is 13.7. The fourth-order valence-corrected chi connectivity index (χ4v) is 8.96. The molecule has 1 heterocycles. The first-order valence-electron chi connectivity index (χ1n) is 25.5. The molecule has 1 aliphatic rings. The van der Waals surface area contributed by atoms with E-state index >= 15 is 0 Å². The van der Waals surface area contributed by atoms with Gasteiger partial charge in [-0.05, 0) is 167 Å². The van der Waals surface area contributed by atoms with Crippen molar-refractivity contribution in [3.05, 3.63) is 167 Å². The van der Waals surface area contributed by atoms with E-state index in [-0.39, 0.29) is 11.8 Å². The van der Waals surface area contributed by atoms with E-state index in [0.29, 0.717) is 29.9 Å². The predicted molar refractivity (Wildman–Crippen MR) is 306 cm³/mol. The lowest BCUT2D eigenvalue weighted by atomic mass is 9.99. The third-order valence-electron chi connectivity index (χ3n) is 13.2. The van der Waals surface area contributed by atoms with Gasteiger partial charge in [0.1, 0.15) is 11.0 Å². The molecule has 378 valence electrons. The molecule has 6 aromatic rings. The Bertz CT molecular complexity index is 3160. The molecule has 0 atom stereocenters. The number of nitrogens with two attached hydrogens (primary N) is 2. The number of carbonyl (C=O) groups is 2. The van der Waals surface area contributed by atoms with Gasteiger partial charge in [0.25, 0.3) is 11.8 Å². The molecular formula is C61H73N10O2+. The highest BCUT2D eigenvalue weighted by Crippen LogP contribution is 2.33. The molecule has 73 heavy (non-hydrogen) atoms. The van der Waals surface area contributed by atoms with Crippen LogP contribution in [0, 0.1) is 20.8 Å². The van der Waals surface area contributed by atoms with E-state index in [9.17, 15) is 9.59 Å². The largest absolute Gasteiger partial charge is 0.398 e. The number of aliphatic imine (C=N–C) groups is 1. The van der Waals surface area contributed by atoms with Gasteiger partial charge in [-0.1, -0.05) is 63.1 Å². The van der Waals surface area contributed by atoms with Crippen LogP contribution in [-0.4, -0.2) is 48.7 Å². The zero-order valence-corrected chi connectivity index (χ0v) is 43.7. The van der Waals surface area contributed by atoms with Crippen LogP contribution in [0.25, 0.3) is 38.9 Å². The Labute approximate surface area is 431 Å². The van der Waals surface area contributed by atoms with E-state index in [1.165, 1.54) is 0 Å². The minimum Gasteiger partial charge on any atom is -0.398 e. The molecule has 7 rings (SSSR count). The molecule has 0 saturated carbocycles. The van der Waals surface area contributed by atoms with E-state index in [0.717, 1.165) is 171 Å². The second-order valence-corrected chi connectivity index (χ2v) is 19.4. The number of anilines is 4. The van der Waals surface area contributed by atoms with Gasteiger partial charge in [0.05, 0.1) is 17.1 Å². The van der Waals surface area contributed by atoms with Crippen LogP contribution in [0.1, 0.15) is 110 Å². The molecule has 0 unspecified atom stereocenters. The van der Waals surface area contributed by atoms with E-state index in [1.54, 1.807) is 0 Å². The molecule has 0 fully saturated rings. The molecule has 1 aromatic heterocycles. The van der Waals surface area contributed by atoms with Crippen LogP contribution in [0.5, 0.6) is 0 Å². The fraction of sp³-hybridized carbons (Fsp3) is 0.295. The number of aromatic nitrogens is 2. The summed E-state index contributed by atoms with van der Waals surface area (Å²) in [6, 6.07) is 27.4. The molecule has 9 N–H and O–H groups in total. The maximum Gasteiger partial charge on any atom is 0.251 e. The lowest BCUT2D eigenvalue weighted by Gasteiger charge is -2.19. The zero-order valence-electron chi connectivity index (χ0n) is 43.7. The predicted octanol–water partition coefficient (Wildman–Crippen LogP) is 12.3. The van der Waals surface area contributed by atoms with Crippen molar-refractivity contribution < 1.29 is 14.2 Å². The van der Waals surface area contributed by atoms with Crippen LogP contribution >= 0.6 is 0 Å². The van der Waals surface area contributed by atoms with Crippen molar-refractivity contribution in [1.29, 1.82) is 0 Å². The number of allylic oxidation sites excluding steroid dienone is 6. The van der Waals surface area contributed by atoms with Gasteiger partial charge in [-0.3, -0.25) is 9.59 Å². The molecule has 12 heteroatoms. The number of benzene rings is 5. The Morgan fingerprint density at radius 3 is 1.67 bits per heavy atom. The summed E-state index contributed by atoms with van der Waals surface area (Å²) in [6.07, 6.45) is 12.1. The van der Waals surface area contributed by atoms with Gasteiger partial charge >= 0.3 is 0 Å². The normalized spacial score (nSPS) is 12.9. The quantitative estimate of drug-likeness (QED) is 0.0144. The molecule has 0 spiro atoms. The zero-order chi connectivity index (χ0) is 52.2. The average molecular weight is 978 g/mol. The molecule has 0 bridgehead atoms. The van der Waals surface area contributed by atoms with Gasteiger partial charge in [0, 0.05) is 84.8 Å². The van der Waals surface area contributed by atoms with Crippen molar-refractivity contribution in [2.45, 2.75) is 92.9 Å². The first kappa shape index (κ1) is 52.8. The van der Waals surface area contributed by atoms with Gasteiger partial charge in [-0.25, -0.2) is 9.98 Å². The van der Waals surface area contributed by atoms with Gasteiger partial charge in [-0.15, -0.1) is 0 Å². The van der Waals surface area contributed by atoms with Crippen LogP contribution in [0.3, 0.4) is 0 Å². The summed E-state index contributed by atoms with van der Waals surface area (Å²) in [5.74, 6) is -0.159. The van der Waals surface area contributed by atoms with Crippen molar-refractivity contribution in [2.75, 3.05) is 48.3 Å². The fourth-order valence-electron chi connectivity index (χ4n) is 8.96. The van der Waals surface area contributed by atoms with Crippen molar-refractivity contribution in [2.24, 2.45) is 4.99 Å². The topological polar surface area (TPSA) is 175 Å². The number of hydrogen-bond donors (Lipinski definition) is 7. The number of nitrogens with zero attached hydrogens (tertiary/aromatic N) is 3. The number of nitrogens with one attached hydrogen (secondary N) is 5. The van der Waals surface area contributed by atoms with E-state index in [4.69, 9.17) is 21.4 Å². The number of hydrogen-bond acceptors (Lipinski definition) is 9. The molecule has 1 aliphatic carbocycles. The average Bonchev–Trinajstić information content (AvgIpc) is 3.35. The number of carbonyl (C=O) groups excluding carboxylic acids is 2. The lowest BCUT2D eigenvalue weighted by Crippen LogP contribution is -2.33. The number of rotatable bonds is 23. The van der Waals surface area contributed by atoms with Crippen molar-refractivity contribution in [3.63, 3.8) is 0 Å². The molecule has 12 nitrogen and oxygen atoms in total. The van der Waals surface area contributed by atoms with Crippen molar-refractivity contribution >= 4 is 73.7 Å². The maximum absolute atomic E-state index is 12.9. The Hall–Kier alpha value is -7.99. The molecule has 0 saturated heterocycles. The lowest BCUT2D eigenvalue weighted by molar-refractivity contribution is -0.522. The summed E-state index contributed by atoms with van der Waals surface area (Å²) in [5.41, 5.74) is 32.2. The Balaban J connectivity index is 0.757. The molecule has 0 radical (unpaired) electrons. The van der Waals surface area contributed by atoms with Gasteiger partial charge in [-0.2, -0.15) is 4.57 Å². The number of unbranched alkanes of at least 4 members (excludes halogenated alkanes) is 6. The first-order valence-corrected chi connectivity index (χ1v) is 25.5. The van der Waals surface area contributed by atoms with Crippen LogP contribution in [0.4, 0.5) is 28.4 Å². The number of aryl methyl sites for hydroxylation is 3. The Morgan fingerprint density at radius 2 is 1.11 bits per heavy atom. The molecular weight excluding hydrogens is 905 g/mol. The molecule has 0 aliphatic heterocycles. The smallest absolute Gasteiger partial charge is 0.251 e. The monoisotopic (exact) mass is 978 g/mol. The van der Waals surface area contributed by atoms with E-state index in [1.807, 2.05) is 100 Å². The van der Waals surface area contributed by atoms with Crippen molar-refractivity contribution in [3.8, 4) is 11.1 Å². The molecule has 5 aromatic carbocycles. The van der Waals surface area contributed by atoms with Crippen LogP contribution in [-0.2, 0) is 0 Å². The van der Waals surface area contributed by atoms with Gasteiger partial charge in [0.15, 0.2) is 5.70 Å². The Morgan fingerprint density at radius 1 is 0.603 bits per heavy atom. The summed E-state index contributed by atoms with van der Waals surface area (Å²) in [4.78, 5) is 35.8. The SMILES string of the molecule is C=C(C)Nc1cc(N)c(C)cc1/N=C1/C=C(C)C(NCCCCCCNC(=O)c2ccc(-c3ccc(C(=O)NCCCCCCNc4cc5c(cc4C)nc4cc(C)c(N)cc4[n+]5C(=C)C)cc3)cc2)=CC1=C. The van der Waals surface area contributed by atoms with Crippen LogP contribution in [0.2, 0.25) is 0 Å². The van der Waals surface area contributed by atoms with Gasteiger partial charge in [0.2, 0.25) is 11.0 Å². The van der Waals surface area contributed by atoms with Gasteiger partial charge < -0.3 is 38.1 Å². The second kappa shape index (κ2) is 24.4. The number of amides is 2. The maximum atomic E-state index is 12.9. The highest BCUT2D eigenvalue weighted by molar-refractivity contribution is 6.13. The number of fused-ring (bicyclic) bond motifs is 2. The summed E-state index contributed by atoms with van der Waals surface area (Å²) in [6.45, 7) is 27.5. The highest BCUT2D eigenvalue weighted by Gasteiger charge is 2.21. The van der Waals surface area contributed by atoms with Crippen LogP contribution in [0.15, 0.2) is 144 Å². The summed E-state index contributed by atoms with van der Waals surface area (Å²) in [7, 11) is 0. The second-order valence-electron chi connectivity index (χ2n) is 19.4. The van der Waals surface area contributed by atoms with Crippen LogP contribution < -0.4 is 42.6 Å². The number of nitrogen functional groups attached to an aromatic ring is 2. The van der Waals surface area contributed by atoms with Crippen molar-refractivity contribution in [1.82, 2.24) is 20.9 Å². The minimum absolute atomic E-state index is 0.0783. The minimum atomic E-state index is -0.0804. The third-order valence-corrected chi connectivity index (χ3v) is 13.2. The first-order chi connectivity index (χ1) is 35.1. The summed E-state index contributed by atoms with van der Waals surface area (Å²) >= 11 is 0. The standard InChI is InChI=1S/C61H72N10O2/c1-38(2)68-55-35-49(62)40(5)30-54(55)69-53-33-42(7)51(32-44(53)9)64-26-14-10-12-16-28-66-60(72)47-22-18-45(19-23-47)46-20-24-48(25-21-46)61(73)67-29-17-13-11-15-27-65-52-37-59-57(34-43(52)8)70-56-31-41(6)50(63)36-58(56)71(59)39(3)4/h18-25,30-37,64,68H,1,3,9-17,26-29,62H2,2,4-8H3,(H4,63,65,66,67,72,73)/p+1/b69-53-. The molecule has 2 amide bonds.